The Kier molecular flexibility index (Phi) is 3.97. The maximum Gasteiger partial charge on any atom is 0.340 e. The summed E-state index contributed by atoms with van der Waals surface area (Å²) < 4.78 is 17.7. The molecule has 1 aromatic carbocycles. The molecule has 0 bridgehead atoms. The van der Waals surface area contributed by atoms with Crippen LogP contribution in [0, 0.1) is 5.82 Å². The molecule has 0 fully saturated rings. The third kappa shape index (κ3) is 2.87. The van der Waals surface area contributed by atoms with E-state index in [4.69, 9.17) is 0 Å². The number of ether oxygens (including phenoxy) is 1. The van der Waals surface area contributed by atoms with Gasteiger partial charge in [0.1, 0.15) is 12.1 Å². The van der Waals surface area contributed by atoms with E-state index >= 15 is 0 Å². The largest absolute Gasteiger partial charge is 0.465 e. The second-order valence-corrected chi connectivity index (χ2v) is 3.01. The van der Waals surface area contributed by atoms with Crippen LogP contribution in [-0.2, 0) is 16.0 Å². The quantitative estimate of drug-likeness (QED) is 0.561. The van der Waals surface area contributed by atoms with Crippen LogP contribution in [0.5, 0.6) is 0 Å². The van der Waals surface area contributed by atoms with Crippen molar-refractivity contribution < 1.29 is 18.7 Å². The summed E-state index contributed by atoms with van der Waals surface area (Å²) in [4.78, 5) is 21.2. The molecule has 0 spiro atoms. The highest BCUT2D eigenvalue weighted by Crippen LogP contribution is 2.12. The van der Waals surface area contributed by atoms with Gasteiger partial charge in [-0.2, -0.15) is 0 Å². The van der Waals surface area contributed by atoms with Crippen LogP contribution >= 0.6 is 0 Å². The lowest BCUT2D eigenvalue weighted by Gasteiger charge is -2.03. The van der Waals surface area contributed by atoms with E-state index in [1.807, 2.05) is 0 Å². The Hall–Kier alpha value is -1.71. The number of esters is 1. The summed E-state index contributed by atoms with van der Waals surface area (Å²) in [6.07, 6.45) is 1.59. The third-order valence-electron chi connectivity index (χ3n) is 1.99. The molecule has 0 amide bonds. The van der Waals surface area contributed by atoms with Crippen LogP contribution in [0.15, 0.2) is 18.2 Å². The van der Waals surface area contributed by atoms with E-state index in [1.165, 1.54) is 19.2 Å². The molecule has 0 radical (unpaired) electrons. The van der Waals surface area contributed by atoms with Crippen LogP contribution in [-0.4, -0.2) is 19.4 Å². The van der Waals surface area contributed by atoms with Gasteiger partial charge in [-0.05, 0) is 24.1 Å². The number of rotatable bonds is 4. The zero-order valence-electron chi connectivity index (χ0n) is 8.33. The number of aryl methyl sites for hydroxylation is 1. The Balaban J connectivity index is 2.87. The second-order valence-electron chi connectivity index (χ2n) is 3.01. The zero-order chi connectivity index (χ0) is 11.3. The maximum atomic E-state index is 13.3. The van der Waals surface area contributed by atoms with Gasteiger partial charge in [0, 0.05) is 6.42 Å². The Morgan fingerprint density at radius 1 is 1.53 bits per heavy atom. The lowest BCUT2D eigenvalue weighted by molar-refractivity contribution is -0.107. The Morgan fingerprint density at radius 2 is 2.27 bits per heavy atom. The Labute approximate surface area is 86.9 Å². The van der Waals surface area contributed by atoms with E-state index in [0.717, 1.165) is 6.29 Å². The summed E-state index contributed by atoms with van der Waals surface area (Å²) in [7, 11) is 1.20. The van der Waals surface area contributed by atoms with E-state index in [9.17, 15) is 14.0 Å². The highest BCUT2D eigenvalue weighted by Gasteiger charge is 2.11. The van der Waals surface area contributed by atoms with Gasteiger partial charge in [0.15, 0.2) is 0 Å². The van der Waals surface area contributed by atoms with Crippen LogP contribution in [0.1, 0.15) is 22.3 Å². The fourth-order valence-electron chi connectivity index (χ4n) is 1.22. The van der Waals surface area contributed by atoms with E-state index in [-0.39, 0.29) is 5.56 Å². The van der Waals surface area contributed by atoms with Gasteiger partial charge in [-0.15, -0.1) is 0 Å². The third-order valence-corrected chi connectivity index (χ3v) is 1.99. The molecule has 0 heterocycles. The first kappa shape index (κ1) is 11.4. The van der Waals surface area contributed by atoms with Crippen LogP contribution in [0.3, 0.4) is 0 Å². The van der Waals surface area contributed by atoms with E-state index in [2.05, 4.69) is 4.74 Å². The number of benzene rings is 1. The highest BCUT2D eigenvalue weighted by atomic mass is 19.1. The van der Waals surface area contributed by atoms with Crippen molar-refractivity contribution in [2.45, 2.75) is 12.8 Å². The molecular weight excluding hydrogens is 199 g/mol. The number of methoxy groups -OCH3 is 1. The molecule has 1 aromatic rings. The van der Waals surface area contributed by atoms with Crippen LogP contribution < -0.4 is 0 Å². The SMILES string of the molecule is COC(=O)c1ccc(CCC=O)cc1F. The summed E-state index contributed by atoms with van der Waals surface area (Å²) in [5.74, 6) is -1.32. The van der Waals surface area contributed by atoms with Crippen molar-refractivity contribution in [1.82, 2.24) is 0 Å². The van der Waals surface area contributed by atoms with Gasteiger partial charge in [0.05, 0.1) is 12.7 Å². The number of aldehydes is 1. The highest BCUT2D eigenvalue weighted by molar-refractivity contribution is 5.89. The van der Waals surface area contributed by atoms with Gasteiger partial charge >= 0.3 is 5.97 Å². The molecule has 0 saturated carbocycles. The minimum atomic E-state index is -0.700. The van der Waals surface area contributed by atoms with E-state index in [0.29, 0.717) is 18.4 Å². The Bertz CT molecular complexity index is 374. The van der Waals surface area contributed by atoms with Crippen molar-refractivity contribution in [2.24, 2.45) is 0 Å². The van der Waals surface area contributed by atoms with Crippen molar-refractivity contribution in [2.75, 3.05) is 7.11 Å². The van der Waals surface area contributed by atoms with Gasteiger partial charge in [0.25, 0.3) is 0 Å². The summed E-state index contributed by atoms with van der Waals surface area (Å²) in [5.41, 5.74) is 0.597. The molecule has 0 aliphatic heterocycles. The minimum Gasteiger partial charge on any atom is -0.465 e. The number of hydrogen-bond donors (Lipinski definition) is 0. The second kappa shape index (κ2) is 5.24. The topological polar surface area (TPSA) is 43.4 Å². The summed E-state index contributed by atoms with van der Waals surface area (Å²) in [6, 6.07) is 4.22. The van der Waals surface area contributed by atoms with Crippen molar-refractivity contribution in [1.29, 1.82) is 0 Å². The maximum absolute atomic E-state index is 13.3. The summed E-state index contributed by atoms with van der Waals surface area (Å²) >= 11 is 0. The molecule has 0 N–H and O–H groups in total. The molecule has 4 heteroatoms. The van der Waals surface area contributed by atoms with Gasteiger partial charge in [-0.3, -0.25) is 0 Å². The average molecular weight is 210 g/mol. The molecular formula is C11H11FO3. The van der Waals surface area contributed by atoms with Crippen molar-refractivity contribution in [3.8, 4) is 0 Å². The standard InChI is InChI=1S/C11H11FO3/c1-15-11(14)9-5-4-8(3-2-6-13)7-10(9)12/h4-7H,2-3H2,1H3. The van der Waals surface area contributed by atoms with E-state index in [1.54, 1.807) is 6.07 Å². The molecule has 80 valence electrons. The molecule has 1 rings (SSSR count). The lowest BCUT2D eigenvalue weighted by atomic mass is 10.1. The number of carbonyl (C=O) groups is 2. The predicted molar refractivity (Wildman–Crippen MR) is 52.1 cm³/mol. The van der Waals surface area contributed by atoms with Crippen molar-refractivity contribution in [3.63, 3.8) is 0 Å². The normalized spacial score (nSPS) is 9.73. The molecule has 15 heavy (non-hydrogen) atoms. The van der Waals surface area contributed by atoms with Crippen LogP contribution in [0.2, 0.25) is 0 Å². The molecule has 0 aliphatic rings. The number of halogens is 1. The van der Waals surface area contributed by atoms with Gasteiger partial charge in [-0.25, -0.2) is 9.18 Å². The van der Waals surface area contributed by atoms with Gasteiger partial charge in [-0.1, -0.05) is 6.07 Å². The fraction of sp³-hybridized carbons (Fsp3) is 0.273. The van der Waals surface area contributed by atoms with Crippen LogP contribution in [0.4, 0.5) is 4.39 Å². The van der Waals surface area contributed by atoms with Gasteiger partial charge < -0.3 is 9.53 Å². The predicted octanol–water partition coefficient (Wildman–Crippen LogP) is 1.74. The first-order chi connectivity index (χ1) is 7.19. The van der Waals surface area contributed by atoms with Gasteiger partial charge in [0.2, 0.25) is 0 Å². The van der Waals surface area contributed by atoms with Crippen molar-refractivity contribution in [3.05, 3.63) is 35.1 Å². The summed E-state index contributed by atoms with van der Waals surface area (Å²) in [6.45, 7) is 0. The van der Waals surface area contributed by atoms with Crippen molar-refractivity contribution >= 4 is 12.3 Å². The van der Waals surface area contributed by atoms with E-state index < -0.39 is 11.8 Å². The molecule has 0 unspecified atom stereocenters. The number of hydrogen-bond acceptors (Lipinski definition) is 3. The smallest absolute Gasteiger partial charge is 0.340 e. The summed E-state index contributed by atoms with van der Waals surface area (Å²) in [5, 5.41) is 0. The molecule has 0 atom stereocenters. The monoisotopic (exact) mass is 210 g/mol. The molecule has 0 aliphatic carbocycles. The average Bonchev–Trinajstić information content (AvgIpc) is 2.25. The lowest BCUT2D eigenvalue weighted by Crippen LogP contribution is -2.04. The molecule has 3 nitrogen and oxygen atoms in total. The number of carbonyl (C=O) groups excluding carboxylic acids is 2. The molecule has 0 saturated heterocycles. The van der Waals surface area contributed by atoms with Crippen LogP contribution in [0.25, 0.3) is 0 Å². The zero-order valence-corrected chi connectivity index (χ0v) is 8.33. The fourth-order valence-corrected chi connectivity index (χ4v) is 1.22. The first-order valence-corrected chi connectivity index (χ1v) is 4.49. The Morgan fingerprint density at radius 3 is 2.80 bits per heavy atom. The minimum absolute atomic E-state index is 0.0904. The molecule has 0 aromatic heterocycles. The first-order valence-electron chi connectivity index (χ1n) is 4.49.